The van der Waals surface area contributed by atoms with E-state index >= 15 is 0 Å². The highest BCUT2D eigenvalue weighted by atomic mass is 32.2. The Hall–Kier alpha value is -1.30. The van der Waals surface area contributed by atoms with Gasteiger partial charge >= 0.3 is 10.6 Å². The van der Waals surface area contributed by atoms with Gasteiger partial charge in [-0.1, -0.05) is 6.07 Å². The molecule has 0 aliphatic rings. The Morgan fingerprint density at radius 1 is 1.27 bits per heavy atom. The van der Waals surface area contributed by atoms with Gasteiger partial charge < -0.3 is 0 Å². The minimum Gasteiger partial charge on any atom is -0.228 e. The lowest BCUT2D eigenvalue weighted by Gasteiger charge is -1.78. The largest absolute Gasteiger partial charge is 0.425 e. The fraction of sp³-hybridized carbons (Fsp3) is 0. The summed E-state index contributed by atoms with van der Waals surface area (Å²) < 4.78 is 37.1. The number of rotatable bonds is 0. The summed E-state index contributed by atoms with van der Waals surface area (Å²) in [6.07, 6.45) is 1.41. The van der Waals surface area contributed by atoms with Crippen molar-refractivity contribution in [1.82, 2.24) is 4.98 Å². The molecule has 4 nitrogen and oxygen atoms in total. The minimum absolute atomic E-state index is 0.428. The lowest BCUT2D eigenvalue weighted by Crippen LogP contribution is -1.73. The Labute approximate surface area is 63.8 Å². The number of aromatic nitrogens is 1. The van der Waals surface area contributed by atoms with Gasteiger partial charge in [-0.15, -0.1) is 12.6 Å². The second kappa shape index (κ2) is 5.48. The molecule has 0 bridgehead atoms. The van der Waals surface area contributed by atoms with E-state index in [-0.39, 0.29) is 0 Å². The molecule has 0 saturated carbocycles. The van der Waals surface area contributed by atoms with Gasteiger partial charge in [0, 0.05) is 6.20 Å². The van der Waals surface area contributed by atoms with Crippen LogP contribution in [-0.4, -0.2) is 17.6 Å². The van der Waals surface area contributed by atoms with Gasteiger partial charge in [-0.2, -0.15) is 4.39 Å². The van der Waals surface area contributed by atoms with Gasteiger partial charge in [0.05, 0.1) is 0 Å². The van der Waals surface area contributed by atoms with Crippen LogP contribution in [0.4, 0.5) is 4.39 Å². The van der Waals surface area contributed by atoms with E-state index in [1.165, 1.54) is 12.3 Å². The van der Waals surface area contributed by atoms with Crippen LogP contribution in [0.3, 0.4) is 0 Å². The number of hydrogen-bond donors (Lipinski definition) is 0. The summed E-state index contributed by atoms with van der Waals surface area (Å²) in [5.74, 6) is -0.428. The van der Waals surface area contributed by atoms with Crippen LogP contribution in [0, 0.1) is 5.95 Å². The smallest absolute Gasteiger partial charge is 0.228 e. The molecule has 1 aromatic rings. The normalized spacial score (nSPS) is 7.73. The van der Waals surface area contributed by atoms with Crippen LogP contribution in [0.5, 0.6) is 0 Å². The van der Waals surface area contributed by atoms with E-state index in [4.69, 9.17) is 12.6 Å². The molecule has 0 amide bonds. The third-order valence-corrected chi connectivity index (χ3v) is 0.629. The van der Waals surface area contributed by atoms with E-state index in [0.717, 1.165) is 0 Å². The van der Waals surface area contributed by atoms with Crippen LogP contribution in [0.15, 0.2) is 24.4 Å². The summed E-state index contributed by atoms with van der Waals surface area (Å²) >= 11 is 0. The first-order valence-corrected chi connectivity index (χ1v) is 3.46. The molecule has 0 aliphatic carbocycles. The molecule has 1 aromatic heterocycles. The standard InChI is InChI=1S/C5H4FN.O3S/c6-5-3-1-2-4-7-5;1-4(2)3/h1-4H;. The number of hydrogen-bond acceptors (Lipinski definition) is 4. The topological polar surface area (TPSA) is 64.1 Å². The van der Waals surface area contributed by atoms with Crippen LogP contribution in [-0.2, 0) is 10.6 Å². The second-order valence-electron chi connectivity index (χ2n) is 1.36. The molecular formula is C5H4FNO3S. The fourth-order valence-electron chi connectivity index (χ4n) is 0.342. The van der Waals surface area contributed by atoms with Gasteiger partial charge in [0.1, 0.15) is 0 Å². The highest BCUT2D eigenvalue weighted by molar-refractivity contribution is 7.59. The first kappa shape index (κ1) is 9.70. The van der Waals surface area contributed by atoms with Crippen LogP contribution in [0.2, 0.25) is 0 Å². The Kier molecular flexibility index (Phi) is 4.83. The second-order valence-corrected chi connectivity index (χ2v) is 1.76. The van der Waals surface area contributed by atoms with E-state index < -0.39 is 16.6 Å². The molecule has 60 valence electrons. The molecule has 0 N–H and O–H groups in total. The molecule has 0 spiro atoms. The van der Waals surface area contributed by atoms with Crippen molar-refractivity contribution in [1.29, 1.82) is 0 Å². The molecule has 1 heterocycles. The maximum atomic E-state index is 11.8. The van der Waals surface area contributed by atoms with Crippen LogP contribution in [0.1, 0.15) is 0 Å². The maximum Gasteiger partial charge on any atom is 0.425 e. The third-order valence-electron chi connectivity index (χ3n) is 0.629. The molecule has 0 unspecified atom stereocenters. The number of halogens is 1. The minimum atomic E-state index is -3.11. The predicted octanol–water partition coefficient (Wildman–Crippen LogP) is 0.217. The lowest BCUT2D eigenvalue weighted by atomic mass is 10.5. The van der Waals surface area contributed by atoms with Gasteiger partial charge in [0.15, 0.2) is 0 Å². The summed E-state index contributed by atoms with van der Waals surface area (Å²) in [4.78, 5) is 3.31. The highest BCUT2D eigenvalue weighted by Crippen LogP contribution is 1.85. The quantitative estimate of drug-likeness (QED) is 0.531. The fourth-order valence-corrected chi connectivity index (χ4v) is 0.342. The highest BCUT2D eigenvalue weighted by Gasteiger charge is 1.78. The summed E-state index contributed by atoms with van der Waals surface area (Å²) in [7, 11) is -3.11. The van der Waals surface area contributed by atoms with Crippen molar-refractivity contribution in [2.75, 3.05) is 0 Å². The summed E-state index contributed by atoms with van der Waals surface area (Å²) in [5, 5.41) is 0. The molecular weight excluding hydrogens is 173 g/mol. The van der Waals surface area contributed by atoms with Gasteiger partial charge in [-0.05, 0) is 12.1 Å². The molecule has 0 saturated heterocycles. The van der Waals surface area contributed by atoms with Crippen molar-refractivity contribution in [3.05, 3.63) is 30.3 Å². The average Bonchev–Trinajstić information content (AvgIpc) is 1.87. The van der Waals surface area contributed by atoms with E-state index in [9.17, 15) is 4.39 Å². The number of pyridine rings is 1. The van der Waals surface area contributed by atoms with Gasteiger partial charge in [0.25, 0.3) is 0 Å². The zero-order valence-electron chi connectivity index (χ0n) is 5.27. The van der Waals surface area contributed by atoms with Crippen molar-refractivity contribution in [2.45, 2.75) is 0 Å². The molecule has 0 fully saturated rings. The van der Waals surface area contributed by atoms with Crippen molar-refractivity contribution < 1.29 is 17.0 Å². The molecule has 0 radical (unpaired) electrons. The van der Waals surface area contributed by atoms with E-state index in [0.29, 0.717) is 0 Å². The van der Waals surface area contributed by atoms with Gasteiger partial charge in [-0.25, -0.2) is 4.98 Å². The van der Waals surface area contributed by atoms with Crippen molar-refractivity contribution in [3.8, 4) is 0 Å². The zero-order chi connectivity index (χ0) is 8.69. The third kappa shape index (κ3) is 8.70. The van der Waals surface area contributed by atoms with Crippen LogP contribution < -0.4 is 0 Å². The van der Waals surface area contributed by atoms with Gasteiger partial charge in [-0.3, -0.25) is 0 Å². The van der Waals surface area contributed by atoms with Crippen LogP contribution >= 0.6 is 0 Å². The zero-order valence-corrected chi connectivity index (χ0v) is 6.08. The number of nitrogens with zero attached hydrogens (tertiary/aromatic N) is 1. The SMILES string of the molecule is Fc1ccccn1.O=S(=O)=O. The van der Waals surface area contributed by atoms with Crippen molar-refractivity contribution >= 4 is 10.6 Å². The summed E-state index contributed by atoms with van der Waals surface area (Å²) in [6, 6.07) is 4.57. The Bertz CT molecular complexity index is 288. The first-order valence-electron chi connectivity index (χ1n) is 2.46. The monoisotopic (exact) mass is 177 g/mol. The van der Waals surface area contributed by atoms with Gasteiger partial charge in [0.2, 0.25) is 5.95 Å². The summed E-state index contributed by atoms with van der Waals surface area (Å²) in [6.45, 7) is 0. The molecule has 0 aliphatic heterocycles. The van der Waals surface area contributed by atoms with E-state index in [1.54, 1.807) is 12.1 Å². The molecule has 0 aromatic carbocycles. The lowest BCUT2D eigenvalue weighted by molar-refractivity contribution is 0.559. The molecule has 6 heteroatoms. The molecule has 1 rings (SSSR count). The van der Waals surface area contributed by atoms with Crippen molar-refractivity contribution in [3.63, 3.8) is 0 Å². The van der Waals surface area contributed by atoms with Crippen LogP contribution in [0.25, 0.3) is 0 Å². The van der Waals surface area contributed by atoms with Crippen molar-refractivity contribution in [2.24, 2.45) is 0 Å². The van der Waals surface area contributed by atoms with E-state index in [1.807, 2.05) is 0 Å². The summed E-state index contributed by atoms with van der Waals surface area (Å²) in [5.41, 5.74) is 0. The first-order chi connectivity index (χ1) is 5.13. The Balaban J connectivity index is 0.000000218. The Morgan fingerprint density at radius 2 is 1.82 bits per heavy atom. The molecule has 11 heavy (non-hydrogen) atoms. The maximum absolute atomic E-state index is 11.8. The van der Waals surface area contributed by atoms with E-state index in [2.05, 4.69) is 4.98 Å². The Morgan fingerprint density at radius 3 is 2.00 bits per heavy atom. The molecule has 0 atom stereocenters. The average molecular weight is 177 g/mol. The predicted molar refractivity (Wildman–Crippen MR) is 33.9 cm³/mol.